The van der Waals surface area contributed by atoms with Crippen LogP contribution in [0.4, 0.5) is 0 Å². The van der Waals surface area contributed by atoms with Crippen molar-refractivity contribution in [1.82, 2.24) is 0 Å². The minimum atomic E-state index is -0.247. The van der Waals surface area contributed by atoms with Gasteiger partial charge in [-0.3, -0.25) is 4.79 Å². The molecule has 0 spiro atoms. The number of ketones is 1. The predicted octanol–water partition coefficient (Wildman–Crippen LogP) is 5.15. The lowest BCUT2D eigenvalue weighted by Gasteiger charge is -2.41. The average molecular weight is 350 g/mol. The van der Waals surface area contributed by atoms with E-state index < -0.39 is 0 Å². The molecule has 0 N–H and O–H groups in total. The largest absolute Gasteiger partial charge is 0.461 e. The summed E-state index contributed by atoms with van der Waals surface area (Å²) < 4.78 is 5.74. The van der Waals surface area contributed by atoms with Crippen molar-refractivity contribution in [1.29, 1.82) is 0 Å². The summed E-state index contributed by atoms with van der Waals surface area (Å²) in [6, 6.07) is 18.4. The molecule has 0 radical (unpaired) electrons. The highest BCUT2D eigenvalue weighted by Crippen LogP contribution is 2.43. The van der Waals surface area contributed by atoms with Crippen molar-refractivity contribution >= 4 is 11.8 Å². The molecular weight excluding hydrogens is 324 g/mol. The maximum atomic E-state index is 12.6. The van der Waals surface area contributed by atoms with E-state index in [-0.39, 0.29) is 29.2 Å². The molecule has 1 saturated heterocycles. The third-order valence-electron chi connectivity index (χ3n) is 5.32. The zero-order chi connectivity index (χ0) is 18.7. The highest BCUT2D eigenvalue weighted by molar-refractivity contribution is 5.80. The molecule has 1 aliphatic rings. The average Bonchev–Trinajstić information content (AvgIpc) is 2.63. The van der Waals surface area contributed by atoms with E-state index in [0.29, 0.717) is 12.8 Å². The van der Waals surface area contributed by atoms with Crippen molar-refractivity contribution in [3.8, 4) is 11.1 Å². The fourth-order valence-electron chi connectivity index (χ4n) is 3.70. The Labute approximate surface area is 155 Å². The van der Waals surface area contributed by atoms with Gasteiger partial charge in [0.05, 0.1) is 5.92 Å². The zero-order valence-electron chi connectivity index (χ0n) is 15.7. The molecule has 2 atom stereocenters. The highest BCUT2D eigenvalue weighted by Gasteiger charge is 2.43. The van der Waals surface area contributed by atoms with Crippen LogP contribution in [0, 0.1) is 5.41 Å². The topological polar surface area (TPSA) is 43.4 Å². The molecule has 1 aliphatic heterocycles. The normalized spacial score (nSPS) is 21.9. The standard InChI is InChI=1S/C23H26O3/c1-16(24)9-14-21-23(2,3)15-20(22(25)26-21)19-12-10-18(11-13-19)17-7-5-4-6-8-17/h4-8,10-13,20-21H,9,14-15H2,1-3H3. The first-order valence-corrected chi connectivity index (χ1v) is 9.22. The molecule has 3 nitrogen and oxygen atoms in total. The van der Waals surface area contributed by atoms with Crippen LogP contribution in [0.2, 0.25) is 0 Å². The van der Waals surface area contributed by atoms with Crippen LogP contribution in [0.3, 0.4) is 0 Å². The van der Waals surface area contributed by atoms with E-state index in [1.165, 1.54) is 0 Å². The number of esters is 1. The van der Waals surface area contributed by atoms with Gasteiger partial charge in [0.15, 0.2) is 0 Å². The lowest BCUT2D eigenvalue weighted by atomic mass is 9.72. The molecule has 26 heavy (non-hydrogen) atoms. The Kier molecular flexibility index (Phi) is 5.26. The number of hydrogen-bond donors (Lipinski definition) is 0. The predicted molar refractivity (Wildman–Crippen MR) is 103 cm³/mol. The van der Waals surface area contributed by atoms with Crippen LogP contribution in [0.15, 0.2) is 54.6 Å². The Bertz CT molecular complexity index is 775. The number of hydrogen-bond acceptors (Lipinski definition) is 3. The number of rotatable bonds is 5. The van der Waals surface area contributed by atoms with Gasteiger partial charge < -0.3 is 9.53 Å². The van der Waals surface area contributed by atoms with E-state index in [4.69, 9.17) is 4.74 Å². The number of carbonyl (C=O) groups is 2. The fourth-order valence-corrected chi connectivity index (χ4v) is 3.70. The van der Waals surface area contributed by atoms with E-state index in [9.17, 15) is 9.59 Å². The number of Topliss-reactive ketones (excluding diaryl/α,β-unsaturated/α-hetero) is 1. The zero-order valence-corrected chi connectivity index (χ0v) is 15.7. The molecule has 1 fully saturated rings. The second kappa shape index (κ2) is 7.45. The molecule has 3 rings (SSSR count). The summed E-state index contributed by atoms with van der Waals surface area (Å²) in [5.74, 6) is -0.288. The van der Waals surface area contributed by atoms with Gasteiger partial charge in [-0.05, 0) is 36.5 Å². The van der Waals surface area contributed by atoms with Gasteiger partial charge >= 0.3 is 5.97 Å². The lowest BCUT2D eigenvalue weighted by molar-refractivity contribution is -0.168. The number of benzene rings is 2. The van der Waals surface area contributed by atoms with Gasteiger partial charge in [0.1, 0.15) is 11.9 Å². The van der Waals surface area contributed by atoms with Crippen LogP contribution in [0.25, 0.3) is 11.1 Å². The first kappa shape index (κ1) is 18.4. The van der Waals surface area contributed by atoms with Gasteiger partial charge in [0, 0.05) is 11.8 Å². The van der Waals surface area contributed by atoms with Crippen molar-refractivity contribution in [3.05, 3.63) is 60.2 Å². The van der Waals surface area contributed by atoms with Gasteiger partial charge in [-0.15, -0.1) is 0 Å². The number of carbonyl (C=O) groups excluding carboxylic acids is 2. The summed E-state index contributed by atoms with van der Waals surface area (Å²) in [5.41, 5.74) is 3.14. The molecular formula is C23H26O3. The molecule has 2 aromatic rings. The lowest BCUT2D eigenvalue weighted by Crippen LogP contribution is -2.43. The minimum Gasteiger partial charge on any atom is -0.461 e. The van der Waals surface area contributed by atoms with E-state index in [1.807, 2.05) is 30.3 Å². The maximum absolute atomic E-state index is 12.6. The van der Waals surface area contributed by atoms with Crippen LogP contribution in [0.5, 0.6) is 0 Å². The molecule has 2 aromatic carbocycles. The maximum Gasteiger partial charge on any atom is 0.313 e. The van der Waals surface area contributed by atoms with Crippen molar-refractivity contribution in [2.45, 2.75) is 52.1 Å². The first-order valence-electron chi connectivity index (χ1n) is 9.22. The highest BCUT2D eigenvalue weighted by atomic mass is 16.5. The summed E-state index contributed by atoms with van der Waals surface area (Å²) >= 11 is 0. The summed E-state index contributed by atoms with van der Waals surface area (Å²) in [5, 5.41) is 0. The van der Waals surface area contributed by atoms with Gasteiger partial charge in [-0.25, -0.2) is 0 Å². The molecule has 0 amide bonds. The molecule has 3 heteroatoms. The second-order valence-electron chi connectivity index (χ2n) is 7.90. The van der Waals surface area contributed by atoms with E-state index in [1.54, 1.807) is 6.92 Å². The van der Waals surface area contributed by atoms with Crippen LogP contribution in [-0.4, -0.2) is 17.9 Å². The fraction of sp³-hybridized carbons (Fsp3) is 0.391. The van der Waals surface area contributed by atoms with E-state index in [2.05, 4.69) is 38.1 Å². The smallest absolute Gasteiger partial charge is 0.313 e. The molecule has 0 aromatic heterocycles. The third-order valence-corrected chi connectivity index (χ3v) is 5.32. The second-order valence-corrected chi connectivity index (χ2v) is 7.90. The van der Waals surface area contributed by atoms with Crippen molar-refractivity contribution < 1.29 is 14.3 Å². The van der Waals surface area contributed by atoms with Gasteiger partial charge in [0.25, 0.3) is 0 Å². The molecule has 1 heterocycles. The van der Waals surface area contributed by atoms with Crippen molar-refractivity contribution in [2.24, 2.45) is 5.41 Å². The van der Waals surface area contributed by atoms with Crippen LogP contribution in [0.1, 0.15) is 51.5 Å². The first-order chi connectivity index (χ1) is 12.4. The Hall–Kier alpha value is -2.42. The SMILES string of the molecule is CC(=O)CCC1OC(=O)C(c2ccc(-c3ccccc3)cc2)CC1(C)C. The molecule has 136 valence electrons. The quantitative estimate of drug-likeness (QED) is 0.701. The summed E-state index contributed by atoms with van der Waals surface area (Å²) in [6.07, 6.45) is 1.60. The summed E-state index contributed by atoms with van der Waals surface area (Å²) in [7, 11) is 0. The van der Waals surface area contributed by atoms with Gasteiger partial charge in [0.2, 0.25) is 0 Å². The Morgan fingerprint density at radius 1 is 1.04 bits per heavy atom. The van der Waals surface area contributed by atoms with Gasteiger partial charge in [-0.1, -0.05) is 68.4 Å². The van der Waals surface area contributed by atoms with E-state index in [0.717, 1.165) is 23.1 Å². The Morgan fingerprint density at radius 2 is 1.65 bits per heavy atom. The molecule has 0 aliphatic carbocycles. The number of cyclic esters (lactones) is 1. The summed E-state index contributed by atoms with van der Waals surface area (Å²) in [4.78, 5) is 23.9. The molecule has 0 saturated carbocycles. The minimum absolute atomic E-state index is 0.135. The van der Waals surface area contributed by atoms with E-state index >= 15 is 0 Å². The Morgan fingerprint density at radius 3 is 2.27 bits per heavy atom. The van der Waals surface area contributed by atoms with Crippen LogP contribution < -0.4 is 0 Å². The van der Waals surface area contributed by atoms with Crippen LogP contribution in [-0.2, 0) is 14.3 Å². The van der Waals surface area contributed by atoms with Crippen molar-refractivity contribution in [3.63, 3.8) is 0 Å². The Balaban J connectivity index is 1.75. The monoisotopic (exact) mass is 350 g/mol. The molecule has 2 unspecified atom stereocenters. The third kappa shape index (κ3) is 4.04. The van der Waals surface area contributed by atoms with Gasteiger partial charge in [-0.2, -0.15) is 0 Å². The number of ether oxygens (including phenoxy) is 1. The molecule has 0 bridgehead atoms. The van der Waals surface area contributed by atoms with Crippen molar-refractivity contribution in [2.75, 3.05) is 0 Å². The van der Waals surface area contributed by atoms with Crippen LogP contribution >= 0.6 is 0 Å². The summed E-state index contributed by atoms with van der Waals surface area (Å²) in [6.45, 7) is 5.82.